The Kier molecular flexibility index (Phi) is 5.58. The first-order valence-corrected chi connectivity index (χ1v) is 10.3. The summed E-state index contributed by atoms with van der Waals surface area (Å²) in [6.07, 6.45) is 0.733. The predicted octanol–water partition coefficient (Wildman–Crippen LogP) is 3.21. The summed E-state index contributed by atoms with van der Waals surface area (Å²) >= 11 is 6.10. The predicted molar refractivity (Wildman–Crippen MR) is 114 cm³/mol. The van der Waals surface area contributed by atoms with Crippen LogP contribution in [0.2, 0.25) is 5.02 Å². The van der Waals surface area contributed by atoms with E-state index in [4.69, 9.17) is 11.6 Å². The molecule has 0 saturated carbocycles. The van der Waals surface area contributed by atoms with E-state index in [9.17, 15) is 4.79 Å². The maximum atomic E-state index is 13.0. The summed E-state index contributed by atoms with van der Waals surface area (Å²) in [7, 11) is 0. The van der Waals surface area contributed by atoms with E-state index in [0.29, 0.717) is 0 Å². The average Bonchev–Trinajstić information content (AvgIpc) is 3.20. The van der Waals surface area contributed by atoms with E-state index in [-0.39, 0.29) is 18.0 Å². The van der Waals surface area contributed by atoms with Crippen molar-refractivity contribution in [3.8, 4) is 0 Å². The van der Waals surface area contributed by atoms with Crippen molar-refractivity contribution in [3.05, 3.63) is 64.2 Å². The molecule has 28 heavy (non-hydrogen) atoms. The summed E-state index contributed by atoms with van der Waals surface area (Å²) in [4.78, 5) is 17.4. The third-order valence-corrected chi connectivity index (χ3v) is 6.20. The monoisotopic (exact) mass is 398 g/mol. The molecule has 2 aliphatic rings. The zero-order valence-electron chi connectivity index (χ0n) is 16.4. The van der Waals surface area contributed by atoms with Crippen LogP contribution in [0.3, 0.4) is 0 Å². The first-order chi connectivity index (χ1) is 13.5. The topological polar surface area (TPSA) is 47.6 Å². The van der Waals surface area contributed by atoms with Crippen LogP contribution in [0.4, 0.5) is 5.69 Å². The summed E-state index contributed by atoms with van der Waals surface area (Å²) in [6, 6.07) is 14.1. The number of hydrazine groups is 1. The summed E-state index contributed by atoms with van der Waals surface area (Å²) in [5.74, 6) is 0.178. The van der Waals surface area contributed by atoms with Gasteiger partial charge in [-0.25, -0.2) is 10.9 Å². The molecule has 1 amide bonds. The number of anilines is 1. The molecule has 2 saturated heterocycles. The molecule has 0 bridgehead atoms. The van der Waals surface area contributed by atoms with Crippen molar-refractivity contribution in [2.24, 2.45) is 0 Å². The van der Waals surface area contributed by atoms with Crippen LogP contribution in [-0.2, 0) is 4.79 Å². The zero-order valence-corrected chi connectivity index (χ0v) is 17.2. The van der Waals surface area contributed by atoms with Gasteiger partial charge in [-0.2, -0.15) is 0 Å². The van der Waals surface area contributed by atoms with Crippen molar-refractivity contribution in [1.29, 1.82) is 0 Å². The normalized spacial score (nSPS) is 22.5. The van der Waals surface area contributed by atoms with Gasteiger partial charge in [-0.05, 0) is 55.2 Å². The molecule has 2 aromatic rings. The lowest BCUT2D eigenvalue weighted by atomic mass is 10.0. The second-order valence-corrected chi connectivity index (χ2v) is 8.15. The average molecular weight is 399 g/mol. The van der Waals surface area contributed by atoms with Crippen LogP contribution in [0.25, 0.3) is 0 Å². The molecule has 2 unspecified atom stereocenters. The van der Waals surface area contributed by atoms with Gasteiger partial charge in [-0.3, -0.25) is 4.79 Å². The minimum Gasteiger partial charge on any atom is -0.368 e. The molecule has 2 fully saturated rings. The van der Waals surface area contributed by atoms with E-state index in [2.05, 4.69) is 47.8 Å². The van der Waals surface area contributed by atoms with E-state index < -0.39 is 0 Å². The van der Waals surface area contributed by atoms with Crippen LogP contribution in [-0.4, -0.2) is 43.0 Å². The highest BCUT2D eigenvalue weighted by Crippen LogP contribution is 2.27. The number of carbonyl (C=O) groups excluding carboxylic acids is 1. The Morgan fingerprint density at radius 2 is 1.79 bits per heavy atom. The molecule has 2 heterocycles. The lowest BCUT2D eigenvalue weighted by Crippen LogP contribution is -2.53. The number of halogens is 1. The highest BCUT2D eigenvalue weighted by molar-refractivity contribution is 6.30. The third kappa shape index (κ3) is 3.88. The van der Waals surface area contributed by atoms with Crippen molar-refractivity contribution < 1.29 is 4.79 Å². The van der Waals surface area contributed by atoms with Gasteiger partial charge < -0.3 is 9.80 Å². The number of hydrogen-bond donors (Lipinski definition) is 2. The number of nitrogens with zero attached hydrogens (tertiary/aromatic N) is 2. The molecule has 0 aliphatic carbocycles. The second-order valence-electron chi connectivity index (χ2n) is 7.72. The Balaban J connectivity index is 1.35. The van der Waals surface area contributed by atoms with Crippen molar-refractivity contribution in [3.63, 3.8) is 0 Å². The van der Waals surface area contributed by atoms with E-state index in [0.717, 1.165) is 43.2 Å². The van der Waals surface area contributed by atoms with E-state index in [1.165, 1.54) is 16.8 Å². The van der Waals surface area contributed by atoms with Crippen molar-refractivity contribution in [2.75, 3.05) is 31.1 Å². The Morgan fingerprint density at radius 1 is 1.04 bits per heavy atom. The van der Waals surface area contributed by atoms with Gasteiger partial charge in [-0.1, -0.05) is 35.9 Å². The molecule has 5 nitrogen and oxygen atoms in total. The number of aryl methyl sites for hydroxylation is 1. The Bertz CT molecular complexity index is 863. The van der Waals surface area contributed by atoms with Crippen LogP contribution in [0.1, 0.15) is 29.2 Å². The first-order valence-electron chi connectivity index (χ1n) is 9.89. The second kappa shape index (κ2) is 8.11. The zero-order chi connectivity index (χ0) is 19.7. The van der Waals surface area contributed by atoms with Gasteiger partial charge in [0.25, 0.3) is 0 Å². The van der Waals surface area contributed by atoms with E-state index >= 15 is 0 Å². The number of hydrogen-bond acceptors (Lipinski definition) is 4. The molecule has 4 rings (SSSR count). The number of rotatable bonds is 3. The number of benzene rings is 2. The number of nitrogens with one attached hydrogen (secondary N) is 2. The third-order valence-electron chi connectivity index (χ3n) is 5.96. The standard InChI is InChI=1S/C22H27ClN4O/c1-15-5-3-8-21(16(15)2)26-9-11-27(12-10-26)22(28)20-14-19(24-25-20)17-6-4-7-18(23)13-17/h3-8,13,19-20,24-25H,9-12,14H2,1-2H3. The smallest absolute Gasteiger partial charge is 0.241 e. The van der Waals surface area contributed by atoms with Crippen molar-refractivity contribution >= 4 is 23.2 Å². The summed E-state index contributed by atoms with van der Waals surface area (Å²) in [5, 5.41) is 0.719. The highest BCUT2D eigenvalue weighted by Gasteiger charge is 2.34. The van der Waals surface area contributed by atoms with Crippen molar-refractivity contribution in [1.82, 2.24) is 15.8 Å². The molecule has 6 heteroatoms. The molecule has 2 atom stereocenters. The molecule has 2 N–H and O–H groups in total. The van der Waals surface area contributed by atoms with Gasteiger partial charge in [0.1, 0.15) is 6.04 Å². The number of amides is 1. The van der Waals surface area contributed by atoms with Crippen LogP contribution in [0.15, 0.2) is 42.5 Å². The summed E-state index contributed by atoms with van der Waals surface area (Å²) < 4.78 is 0. The van der Waals surface area contributed by atoms with Crippen LogP contribution in [0.5, 0.6) is 0 Å². The van der Waals surface area contributed by atoms with E-state index in [1.54, 1.807) is 0 Å². The molecule has 0 aromatic heterocycles. The first kappa shape index (κ1) is 19.2. The SMILES string of the molecule is Cc1cccc(N2CCN(C(=O)C3CC(c4cccc(Cl)c4)NN3)CC2)c1C. The fourth-order valence-electron chi connectivity index (χ4n) is 4.13. The largest absolute Gasteiger partial charge is 0.368 e. The molecule has 0 radical (unpaired) electrons. The summed E-state index contributed by atoms with van der Waals surface area (Å²) in [5.41, 5.74) is 11.5. The maximum Gasteiger partial charge on any atom is 0.241 e. The van der Waals surface area contributed by atoms with Gasteiger partial charge in [0.15, 0.2) is 0 Å². The van der Waals surface area contributed by atoms with E-state index in [1.807, 2.05) is 29.2 Å². The van der Waals surface area contributed by atoms with Crippen molar-refractivity contribution in [2.45, 2.75) is 32.4 Å². The minimum atomic E-state index is -0.198. The van der Waals surface area contributed by atoms with Gasteiger partial charge in [0.2, 0.25) is 5.91 Å². The minimum absolute atomic E-state index is 0.101. The fourth-order valence-corrected chi connectivity index (χ4v) is 4.33. The van der Waals surface area contributed by atoms with Gasteiger partial charge in [0.05, 0.1) is 0 Å². The van der Waals surface area contributed by atoms with Crippen LogP contribution >= 0.6 is 11.6 Å². The molecular formula is C22H27ClN4O. The number of piperazine rings is 1. The lowest BCUT2D eigenvalue weighted by molar-refractivity contribution is -0.133. The fraction of sp³-hybridized carbons (Fsp3) is 0.409. The Hall–Kier alpha value is -2.08. The Labute approximate surface area is 171 Å². The Morgan fingerprint density at radius 3 is 2.54 bits per heavy atom. The summed E-state index contributed by atoms with van der Waals surface area (Å²) in [6.45, 7) is 7.57. The molecule has 148 valence electrons. The molecular weight excluding hydrogens is 372 g/mol. The molecule has 2 aromatic carbocycles. The highest BCUT2D eigenvalue weighted by atomic mass is 35.5. The quantitative estimate of drug-likeness (QED) is 0.833. The molecule has 2 aliphatic heterocycles. The molecule has 0 spiro atoms. The van der Waals surface area contributed by atoms with Gasteiger partial charge in [0, 0.05) is 42.9 Å². The number of carbonyl (C=O) groups is 1. The van der Waals surface area contributed by atoms with Crippen LogP contribution < -0.4 is 15.8 Å². The maximum absolute atomic E-state index is 13.0. The van der Waals surface area contributed by atoms with Gasteiger partial charge in [-0.15, -0.1) is 0 Å². The van der Waals surface area contributed by atoms with Gasteiger partial charge >= 0.3 is 0 Å². The lowest BCUT2D eigenvalue weighted by Gasteiger charge is -2.38. The van der Waals surface area contributed by atoms with Crippen LogP contribution in [0, 0.1) is 13.8 Å².